The van der Waals surface area contributed by atoms with Gasteiger partial charge in [0.1, 0.15) is 5.75 Å². The van der Waals surface area contributed by atoms with Crippen LogP contribution in [0.15, 0.2) is 35.1 Å². The van der Waals surface area contributed by atoms with Gasteiger partial charge >= 0.3 is 0 Å². The minimum absolute atomic E-state index is 0.0922. The highest BCUT2D eigenvalue weighted by Crippen LogP contribution is 2.28. The van der Waals surface area contributed by atoms with Crippen molar-refractivity contribution in [3.63, 3.8) is 0 Å². The summed E-state index contributed by atoms with van der Waals surface area (Å²) in [7, 11) is 0. The van der Waals surface area contributed by atoms with E-state index >= 15 is 0 Å². The quantitative estimate of drug-likeness (QED) is 0.502. The second-order valence-corrected chi connectivity index (χ2v) is 4.31. The number of aromatic nitrogens is 2. The summed E-state index contributed by atoms with van der Waals surface area (Å²) in [5, 5.41) is 10.7. The van der Waals surface area contributed by atoms with E-state index in [2.05, 4.69) is 31.3 Å². The number of halogens is 1. The first-order valence-electron chi connectivity index (χ1n) is 5.00. The summed E-state index contributed by atoms with van der Waals surface area (Å²) >= 11 is 3.17. The summed E-state index contributed by atoms with van der Waals surface area (Å²) in [6, 6.07) is 4.24. The van der Waals surface area contributed by atoms with Crippen LogP contribution in [0, 0.1) is 10.1 Å². The lowest BCUT2D eigenvalue weighted by Gasteiger charge is -2.06. The monoisotopic (exact) mass is 325 g/mol. The number of nitrogen functional groups attached to an aromatic ring is 1. The molecule has 0 saturated carbocycles. The minimum Gasteiger partial charge on any atom is -0.437 e. The molecule has 1 aromatic carbocycles. The summed E-state index contributed by atoms with van der Waals surface area (Å²) in [5.74, 6) is 5.95. The number of nitrogens with one attached hydrogen (secondary N) is 1. The molecule has 19 heavy (non-hydrogen) atoms. The highest BCUT2D eigenvalue weighted by atomic mass is 79.9. The molecule has 0 spiro atoms. The molecule has 0 bridgehead atoms. The Morgan fingerprint density at radius 2 is 2.16 bits per heavy atom. The Balaban J connectivity index is 2.29. The largest absolute Gasteiger partial charge is 0.437 e. The van der Waals surface area contributed by atoms with E-state index in [1.165, 1.54) is 24.5 Å². The maximum absolute atomic E-state index is 10.7. The van der Waals surface area contributed by atoms with Gasteiger partial charge in [-0.1, -0.05) is 15.9 Å². The van der Waals surface area contributed by atoms with Gasteiger partial charge in [-0.3, -0.25) is 15.1 Å². The molecule has 0 aliphatic rings. The maximum Gasteiger partial charge on any atom is 0.274 e. The molecule has 3 N–H and O–H groups in total. The van der Waals surface area contributed by atoms with E-state index in [9.17, 15) is 10.1 Å². The number of nitrogens with zero attached hydrogens (tertiary/aromatic N) is 3. The normalized spacial score (nSPS) is 10.0. The van der Waals surface area contributed by atoms with Crippen LogP contribution in [0.4, 0.5) is 11.5 Å². The molecule has 0 unspecified atom stereocenters. The van der Waals surface area contributed by atoms with Gasteiger partial charge in [0.25, 0.3) is 5.69 Å². The first-order chi connectivity index (χ1) is 9.08. The van der Waals surface area contributed by atoms with E-state index < -0.39 is 4.92 Å². The minimum atomic E-state index is -0.513. The third-order valence-electron chi connectivity index (χ3n) is 2.05. The molecule has 1 heterocycles. The van der Waals surface area contributed by atoms with Crippen LogP contribution in [0.25, 0.3) is 0 Å². The van der Waals surface area contributed by atoms with Crippen molar-refractivity contribution in [2.75, 3.05) is 5.43 Å². The SMILES string of the molecule is NNc1cncc(Oc2cc(Br)cc([N+](=O)[O-])c2)n1. The van der Waals surface area contributed by atoms with Crippen molar-refractivity contribution in [1.82, 2.24) is 9.97 Å². The Labute approximate surface area is 115 Å². The van der Waals surface area contributed by atoms with Crippen LogP contribution >= 0.6 is 15.9 Å². The number of ether oxygens (including phenoxy) is 1. The zero-order valence-corrected chi connectivity index (χ0v) is 11.0. The van der Waals surface area contributed by atoms with Gasteiger partial charge in [-0.2, -0.15) is 4.98 Å². The van der Waals surface area contributed by atoms with Gasteiger partial charge in [-0.25, -0.2) is 5.84 Å². The summed E-state index contributed by atoms with van der Waals surface area (Å²) < 4.78 is 5.91. The van der Waals surface area contributed by atoms with Crippen LogP contribution in [-0.4, -0.2) is 14.9 Å². The highest BCUT2D eigenvalue weighted by molar-refractivity contribution is 9.10. The Bertz CT molecular complexity index is 622. The zero-order valence-electron chi connectivity index (χ0n) is 9.41. The summed E-state index contributed by atoms with van der Waals surface area (Å²) in [5.41, 5.74) is 2.23. The lowest BCUT2D eigenvalue weighted by atomic mass is 10.3. The second kappa shape index (κ2) is 5.59. The van der Waals surface area contributed by atoms with Crippen LogP contribution in [0.1, 0.15) is 0 Å². The molecule has 0 saturated heterocycles. The molecule has 0 radical (unpaired) electrons. The average molecular weight is 326 g/mol. The molecule has 2 rings (SSSR count). The van der Waals surface area contributed by atoms with Crippen LogP contribution in [-0.2, 0) is 0 Å². The standard InChI is InChI=1S/C10H8BrN5O3/c11-6-1-7(16(17)18)3-8(2-6)19-10-5-13-4-9(14-10)15-12/h1-5H,12H2,(H,14,15). The number of nitro benzene ring substituents is 1. The summed E-state index contributed by atoms with van der Waals surface area (Å²) in [4.78, 5) is 18.1. The van der Waals surface area contributed by atoms with Crippen LogP contribution < -0.4 is 16.0 Å². The maximum atomic E-state index is 10.7. The van der Waals surface area contributed by atoms with E-state index in [1.807, 2.05) is 0 Å². The molecule has 0 amide bonds. The molecule has 8 nitrogen and oxygen atoms in total. The average Bonchev–Trinajstić information content (AvgIpc) is 2.38. The first kappa shape index (κ1) is 13.2. The number of anilines is 1. The fraction of sp³-hybridized carbons (Fsp3) is 0. The number of nitro groups is 1. The summed E-state index contributed by atoms with van der Waals surface area (Å²) in [6.07, 6.45) is 2.78. The van der Waals surface area contributed by atoms with E-state index in [1.54, 1.807) is 6.07 Å². The van der Waals surface area contributed by atoms with Crippen molar-refractivity contribution in [2.24, 2.45) is 5.84 Å². The van der Waals surface area contributed by atoms with Gasteiger partial charge < -0.3 is 10.2 Å². The fourth-order valence-corrected chi connectivity index (χ4v) is 1.76. The topological polar surface area (TPSA) is 116 Å². The van der Waals surface area contributed by atoms with Crippen molar-refractivity contribution in [3.05, 3.63) is 45.2 Å². The lowest BCUT2D eigenvalue weighted by Crippen LogP contribution is -2.09. The van der Waals surface area contributed by atoms with Crippen molar-refractivity contribution in [3.8, 4) is 11.6 Å². The Kier molecular flexibility index (Phi) is 3.88. The van der Waals surface area contributed by atoms with E-state index in [4.69, 9.17) is 10.6 Å². The smallest absolute Gasteiger partial charge is 0.274 e. The van der Waals surface area contributed by atoms with Gasteiger partial charge in [0.05, 0.1) is 23.4 Å². The molecule has 0 atom stereocenters. The molecular weight excluding hydrogens is 318 g/mol. The van der Waals surface area contributed by atoms with E-state index in [0.717, 1.165) is 0 Å². The fourth-order valence-electron chi connectivity index (χ4n) is 1.30. The zero-order chi connectivity index (χ0) is 13.8. The molecule has 2 aromatic rings. The molecule has 1 aromatic heterocycles. The Morgan fingerprint density at radius 1 is 1.37 bits per heavy atom. The van der Waals surface area contributed by atoms with E-state index in [-0.39, 0.29) is 17.3 Å². The first-order valence-corrected chi connectivity index (χ1v) is 5.79. The number of hydrogen-bond donors (Lipinski definition) is 2. The predicted molar refractivity (Wildman–Crippen MR) is 70.7 cm³/mol. The predicted octanol–water partition coefficient (Wildman–Crippen LogP) is 2.23. The van der Waals surface area contributed by atoms with Crippen LogP contribution in [0.5, 0.6) is 11.6 Å². The van der Waals surface area contributed by atoms with Crippen molar-refractivity contribution < 1.29 is 9.66 Å². The molecule has 0 aliphatic carbocycles. The van der Waals surface area contributed by atoms with Crippen LogP contribution in [0.3, 0.4) is 0 Å². The van der Waals surface area contributed by atoms with Gasteiger partial charge in [0.2, 0.25) is 5.88 Å². The molecule has 98 valence electrons. The third kappa shape index (κ3) is 3.36. The molecule has 0 fully saturated rings. The van der Waals surface area contributed by atoms with E-state index in [0.29, 0.717) is 10.3 Å². The Hall–Kier alpha value is -2.26. The molecular formula is C10H8BrN5O3. The van der Waals surface area contributed by atoms with Crippen LogP contribution in [0.2, 0.25) is 0 Å². The number of benzene rings is 1. The number of nitrogens with two attached hydrogens (primary N) is 1. The van der Waals surface area contributed by atoms with Gasteiger partial charge in [0, 0.05) is 10.5 Å². The van der Waals surface area contributed by atoms with Gasteiger partial charge in [-0.05, 0) is 6.07 Å². The summed E-state index contributed by atoms with van der Waals surface area (Å²) in [6.45, 7) is 0. The number of hydrazine groups is 1. The van der Waals surface area contributed by atoms with Crippen molar-refractivity contribution >= 4 is 27.4 Å². The third-order valence-corrected chi connectivity index (χ3v) is 2.51. The lowest BCUT2D eigenvalue weighted by molar-refractivity contribution is -0.385. The highest BCUT2D eigenvalue weighted by Gasteiger charge is 2.10. The van der Waals surface area contributed by atoms with Crippen molar-refractivity contribution in [1.29, 1.82) is 0 Å². The van der Waals surface area contributed by atoms with Crippen molar-refractivity contribution in [2.45, 2.75) is 0 Å². The van der Waals surface area contributed by atoms with Gasteiger partial charge in [-0.15, -0.1) is 0 Å². The van der Waals surface area contributed by atoms with Gasteiger partial charge in [0.15, 0.2) is 5.82 Å². The number of hydrogen-bond acceptors (Lipinski definition) is 7. The number of rotatable bonds is 4. The molecule has 9 heteroatoms. The second-order valence-electron chi connectivity index (χ2n) is 3.39. The number of non-ortho nitro benzene ring substituents is 1. The Morgan fingerprint density at radius 3 is 2.84 bits per heavy atom. The molecule has 0 aliphatic heterocycles.